The van der Waals surface area contributed by atoms with Crippen molar-refractivity contribution < 1.29 is 14.3 Å². The van der Waals surface area contributed by atoms with Crippen LogP contribution in [0, 0.1) is 0 Å². The number of anilines is 1. The van der Waals surface area contributed by atoms with Gasteiger partial charge in [0.05, 0.1) is 18.7 Å². The van der Waals surface area contributed by atoms with E-state index in [9.17, 15) is 4.79 Å². The maximum Gasteiger partial charge on any atom is 0.195 e. The number of hydrogen-bond donors (Lipinski definition) is 1. The fourth-order valence-electron chi connectivity index (χ4n) is 1.82. The molecule has 0 saturated carbocycles. The molecule has 0 aromatic heterocycles. The van der Waals surface area contributed by atoms with E-state index >= 15 is 0 Å². The van der Waals surface area contributed by atoms with Crippen molar-refractivity contribution in [2.45, 2.75) is 0 Å². The largest absolute Gasteiger partial charge is 0.497 e. The van der Waals surface area contributed by atoms with Crippen LogP contribution in [0.3, 0.4) is 0 Å². The van der Waals surface area contributed by atoms with E-state index in [0.29, 0.717) is 32.8 Å². The molecule has 5 heteroatoms. The van der Waals surface area contributed by atoms with Gasteiger partial charge in [-0.25, -0.2) is 0 Å². The third-order valence-electron chi connectivity index (χ3n) is 2.92. The van der Waals surface area contributed by atoms with Crippen LogP contribution < -0.4 is 15.2 Å². The number of benzene rings is 2. The summed E-state index contributed by atoms with van der Waals surface area (Å²) in [6.07, 6.45) is 0. The Kier molecular flexibility index (Phi) is 4.29. The molecule has 0 fully saturated rings. The molecule has 0 saturated heterocycles. The summed E-state index contributed by atoms with van der Waals surface area (Å²) in [5.74, 6) is 1.10. The molecule has 0 amide bonds. The molecule has 2 rings (SSSR count). The van der Waals surface area contributed by atoms with Crippen LogP contribution in [0.1, 0.15) is 15.9 Å². The lowest BCUT2D eigenvalue weighted by Gasteiger charge is -2.09. The first-order valence-electron chi connectivity index (χ1n) is 5.88. The first-order valence-corrected chi connectivity index (χ1v) is 6.68. The molecular weight excluding hydrogens is 322 g/mol. The van der Waals surface area contributed by atoms with E-state index in [2.05, 4.69) is 15.9 Å². The third-order valence-corrected chi connectivity index (χ3v) is 3.54. The first-order chi connectivity index (χ1) is 9.56. The summed E-state index contributed by atoms with van der Waals surface area (Å²) in [6, 6.07) is 10.1. The molecule has 4 nitrogen and oxygen atoms in total. The highest BCUT2D eigenvalue weighted by Crippen LogP contribution is 2.28. The molecule has 0 aliphatic carbocycles. The Bertz CT molecular complexity index is 656. The summed E-state index contributed by atoms with van der Waals surface area (Å²) in [6.45, 7) is 0. The molecule has 0 radical (unpaired) electrons. The van der Waals surface area contributed by atoms with Crippen molar-refractivity contribution >= 4 is 27.4 Å². The van der Waals surface area contributed by atoms with E-state index in [0.717, 1.165) is 0 Å². The summed E-state index contributed by atoms with van der Waals surface area (Å²) in [5, 5.41) is 0. The van der Waals surface area contributed by atoms with Crippen LogP contribution in [0.2, 0.25) is 0 Å². The molecule has 104 valence electrons. The minimum atomic E-state index is -0.162. The van der Waals surface area contributed by atoms with Gasteiger partial charge in [0.15, 0.2) is 5.78 Å². The highest BCUT2D eigenvalue weighted by molar-refractivity contribution is 9.10. The zero-order valence-electron chi connectivity index (χ0n) is 11.1. The molecule has 0 atom stereocenters. The second-order valence-electron chi connectivity index (χ2n) is 4.13. The number of ketones is 1. The summed E-state index contributed by atoms with van der Waals surface area (Å²) >= 11 is 3.36. The number of ether oxygens (including phenoxy) is 2. The van der Waals surface area contributed by atoms with Crippen LogP contribution in [0.25, 0.3) is 0 Å². The van der Waals surface area contributed by atoms with Crippen molar-refractivity contribution in [3.63, 3.8) is 0 Å². The molecule has 2 N–H and O–H groups in total. The minimum absolute atomic E-state index is 0.162. The summed E-state index contributed by atoms with van der Waals surface area (Å²) in [4.78, 5) is 12.5. The van der Waals surface area contributed by atoms with Gasteiger partial charge in [-0.3, -0.25) is 4.79 Å². The van der Waals surface area contributed by atoms with E-state index < -0.39 is 0 Å². The zero-order valence-corrected chi connectivity index (χ0v) is 12.7. The Labute approximate surface area is 125 Å². The summed E-state index contributed by atoms with van der Waals surface area (Å²) < 4.78 is 11.0. The van der Waals surface area contributed by atoms with Crippen LogP contribution in [0.15, 0.2) is 40.9 Å². The number of carbonyl (C=O) groups is 1. The number of nitrogen functional groups attached to an aromatic ring is 1. The van der Waals surface area contributed by atoms with Gasteiger partial charge in [-0.1, -0.05) is 0 Å². The number of nitrogens with two attached hydrogens (primary N) is 1. The third kappa shape index (κ3) is 2.77. The maximum absolute atomic E-state index is 12.5. The van der Waals surface area contributed by atoms with Crippen LogP contribution in [-0.4, -0.2) is 20.0 Å². The van der Waals surface area contributed by atoms with Crippen LogP contribution in [0.5, 0.6) is 11.5 Å². The van der Waals surface area contributed by atoms with Gasteiger partial charge in [0.1, 0.15) is 11.5 Å². The second kappa shape index (κ2) is 5.96. The van der Waals surface area contributed by atoms with Crippen molar-refractivity contribution in [3.8, 4) is 11.5 Å². The van der Waals surface area contributed by atoms with Crippen molar-refractivity contribution in [2.24, 2.45) is 0 Å². The van der Waals surface area contributed by atoms with E-state index in [4.69, 9.17) is 15.2 Å². The lowest BCUT2D eigenvalue weighted by atomic mass is 10.0. The molecule has 0 unspecified atom stereocenters. The monoisotopic (exact) mass is 335 g/mol. The fraction of sp³-hybridized carbons (Fsp3) is 0.133. The van der Waals surface area contributed by atoms with Gasteiger partial charge >= 0.3 is 0 Å². The van der Waals surface area contributed by atoms with Gasteiger partial charge in [0.25, 0.3) is 0 Å². The molecule has 0 heterocycles. The van der Waals surface area contributed by atoms with E-state index in [1.54, 1.807) is 50.6 Å². The Morgan fingerprint density at radius 2 is 1.85 bits per heavy atom. The van der Waals surface area contributed by atoms with Gasteiger partial charge in [-0.2, -0.15) is 0 Å². The number of rotatable bonds is 4. The van der Waals surface area contributed by atoms with Gasteiger partial charge in [0, 0.05) is 16.8 Å². The number of carbonyl (C=O) groups excluding carboxylic acids is 1. The number of hydrogen-bond acceptors (Lipinski definition) is 4. The molecular formula is C15H14BrNO3. The van der Waals surface area contributed by atoms with E-state index in [1.807, 2.05) is 0 Å². The van der Waals surface area contributed by atoms with Gasteiger partial charge < -0.3 is 15.2 Å². The normalized spacial score (nSPS) is 10.2. The molecule has 2 aromatic carbocycles. The highest BCUT2D eigenvalue weighted by Gasteiger charge is 2.15. The topological polar surface area (TPSA) is 61.5 Å². The lowest BCUT2D eigenvalue weighted by molar-refractivity contribution is 0.103. The number of methoxy groups -OCH3 is 2. The Morgan fingerprint density at radius 1 is 1.10 bits per heavy atom. The molecule has 20 heavy (non-hydrogen) atoms. The molecule has 0 spiro atoms. The smallest absolute Gasteiger partial charge is 0.195 e. The quantitative estimate of drug-likeness (QED) is 0.688. The van der Waals surface area contributed by atoms with Crippen molar-refractivity contribution in [1.82, 2.24) is 0 Å². The van der Waals surface area contributed by atoms with Gasteiger partial charge in [-0.05, 0) is 52.3 Å². The highest BCUT2D eigenvalue weighted by atomic mass is 79.9. The first kappa shape index (κ1) is 14.4. The molecule has 2 aromatic rings. The molecule has 0 aliphatic heterocycles. The van der Waals surface area contributed by atoms with Crippen molar-refractivity contribution in [3.05, 3.63) is 52.0 Å². The van der Waals surface area contributed by atoms with E-state index in [1.165, 1.54) is 0 Å². The summed E-state index contributed by atoms with van der Waals surface area (Å²) in [7, 11) is 3.12. The van der Waals surface area contributed by atoms with Crippen LogP contribution in [-0.2, 0) is 0 Å². The minimum Gasteiger partial charge on any atom is -0.497 e. The van der Waals surface area contributed by atoms with Gasteiger partial charge in [-0.15, -0.1) is 0 Å². The molecule has 0 aliphatic rings. The Balaban J connectivity index is 2.43. The Hall–Kier alpha value is -2.01. The fourth-order valence-corrected chi connectivity index (χ4v) is 2.36. The lowest BCUT2D eigenvalue weighted by Crippen LogP contribution is -2.06. The maximum atomic E-state index is 12.5. The average molecular weight is 336 g/mol. The number of halogens is 1. The van der Waals surface area contributed by atoms with Gasteiger partial charge in [0.2, 0.25) is 0 Å². The Morgan fingerprint density at radius 3 is 2.45 bits per heavy atom. The second-order valence-corrected chi connectivity index (χ2v) is 4.99. The standard InChI is InChI=1S/C15H14BrNO3/c1-19-10-4-5-13(17)11(8-10)15(18)9-3-6-14(20-2)12(16)7-9/h3-8H,17H2,1-2H3. The predicted molar refractivity (Wildman–Crippen MR) is 81.5 cm³/mol. The van der Waals surface area contributed by atoms with Crippen molar-refractivity contribution in [1.29, 1.82) is 0 Å². The molecule has 0 bridgehead atoms. The van der Waals surface area contributed by atoms with Crippen LogP contribution in [0.4, 0.5) is 5.69 Å². The predicted octanol–water partition coefficient (Wildman–Crippen LogP) is 3.28. The van der Waals surface area contributed by atoms with Crippen LogP contribution >= 0.6 is 15.9 Å². The zero-order chi connectivity index (χ0) is 14.7. The summed E-state index contributed by atoms with van der Waals surface area (Å²) in [5.41, 5.74) is 7.23. The van der Waals surface area contributed by atoms with E-state index in [-0.39, 0.29) is 5.78 Å². The average Bonchev–Trinajstić information content (AvgIpc) is 2.47. The van der Waals surface area contributed by atoms with Crippen molar-refractivity contribution in [2.75, 3.05) is 20.0 Å². The SMILES string of the molecule is COc1ccc(N)c(C(=O)c2ccc(OC)c(Br)c2)c1.